The molecule has 1 unspecified atom stereocenters. The predicted molar refractivity (Wildman–Crippen MR) is 79.8 cm³/mol. The van der Waals surface area contributed by atoms with E-state index in [2.05, 4.69) is 37.0 Å². The fourth-order valence-electron chi connectivity index (χ4n) is 1.76. The average Bonchev–Trinajstić information content (AvgIpc) is 2.82. The van der Waals surface area contributed by atoms with Gasteiger partial charge in [0.05, 0.1) is 17.3 Å². The van der Waals surface area contributed by atoms with Crippen molar-refractivity contribution in [2.75, 3.05) is 6.61 Å². The van der Waals surface area contributed by atoms with Crippen LogP contribution in [0.5, 0.6) is 5.75 Å². The van der Waals surface area contributed by atoms with Crippen LogP contribution in [-0.2, 0) is 6.42 Å². The highest BCUT2D eigenvalue weighted by molar-refractivity contribution is 7.09. The molecule has 0 fully saturated rings. The summed E-state index contributed by atoms with van der Waals surface area (Å²) in [6.45, 7) is 6.73. The number of aryl methyl sites for hydroxylation is 2. The molecule has 4 heteroatoms. The third-order valence-corrected chi connectivity index (χ3v) is 3.88. The van der Waals surface area contributed by atoms with Gasteiger partial charge in [-0.2, -0.15) is 0 Å². The van der Waals surface area contributed by atoms with Crippen molar-refractivity contribution in [2.45, 2.75) is 33.2 Å². The van der Waals surface area contributed by atoms with Gasteiger partial charge in [-0.3, -0.25) is 0 Å². The fraction of sp³-hybridized carbons (Fsp3) is 0.400. The lowest BCUT2D eigenvalue weighted by Gasteiger charge is -2.09. The van der Waals surface area contributed by atoms with Crippen molar-refractivity contribution in [3.05, 3.63) is 45.4 Å². The van der Waals surface area contributed by atoms with Gasteiger partial charge in [0.1, 0.15) is 5.75 Å². The maximum absolute atomic E-state index is 5.83. The second-order valence-electron chi connectivity index (χ2n) is 4.82. The summed E-state index contributed by atoms with van der Waals surface area (Å²) in [5.74, 6) is 0.962. The zero-order valence-corrected chi connectivity index (χ0v) is 12.5. The molecule has 1 aromatic heterocycles. The van der Waals surface area contributed by atoms with Crippen molar-refractivity contribution in [3.63, 3.8) is 0 Å². The summed E-state index contributed by atoms with van der Waals surface area (Å²) in [6.07, 6.45) is 0.824. The molecule has 2 N–H and O–H groups in total. The van der Waals surface area contributed by atoms with Gasteiger partial charge in [-0.15, -0.1) is 11.3 Å². The summed E-state index contributed by atoms with van der Waals surface area (Å²) < 4.78 is 5.83. The molecule has 1 heterocycles. The molecule has 19 heavy (non-hydrogen) atoms. The molecule has 0 saturated carbocycles. The number of nitrogens with two attached hydrogens (primary N) is 1. The lowest BCUT2D eigenvalue weighted by atomic mass is 10.1. The average molecular weight is 276 g/mol. The number of hydrogen-bond donors (Lipinski definition) is 1. The van der Waals surface area contributed by atoms with Crippen LogP contribution in [0.2, 0.25) is 0 Å². The Balaban J connectivity index is 1.90. The molecule has 0 spiro atoms. The molecule has 3 nitrogen and oxygen atoms in total. The smallest absolute Gasteiger partial charge is 0.122 e. The molecule has 2 rings (SSSR count). The Labute approximate surface area is 118 Å². The van der Waals surface area contributed by atoms with Gasteiger partial charge in [-0.05, 0) is 38.0 Å². The van der Waals surface area contributed by atoms with Crippen LogP contribution in [0.4, 0.5) is 0 Å². The Morgan fingerprint density at radius 1 is 1.37 bits per heavy atom. The van der Waals surface area contributed by atoms with Gasteiger partial charge in [0.25, 0.3) is 0 Å². The van der Waals surface area contributed by atoms with Crippen LogP contribution < -0.4 is 10.5 Å². The van der Waals surface area contributed by atoms with Crippen molar-refractivity contribution in [3.8, 4) is 5.75 Å². The topological polar surface area (TPSA) is 48.1 Å². The Morgan fingerprint density at radius 2 is 2.16 bits per heavy atom. The van der Waals surface area contributed by atoms with Crippen LogP contribution >= 0.6 is 11.3 Å². The summed E-state index contributed by atoms with van der Waals surface area (Å²) in [5, 5.41) is 3.11. The quantitative estimate of drug-likeness (QED) is 0.910. The number of nitrogens with zero attached hydrogens (tertiary/aromatic N) is 1. The van der Waals surface area contributed by atoms with Crippen LogP contribution in [0.1, 0.15) is 34.8 Å². The molecule has 1 aromatic carbocycles. The summed E-state index contributed by atoms with van der Waals surface area (Å²) in [4.78, 5) is 4.49. The van der Waals surface area contributed by atoms with Crippen molar-refractivity contribution >= 4 is 11.3 Å². The highest BCUT2D eigenvalue weighted by Crippen LogP contribution is 2.20. The van der Waals surface area contributed by atoms with Crippen molar-refractivity contribution in [2.24, 2.45) is 5.73 Å². The number of ether oxygens (including phenoxy) is 1. The number of rotatable bonds is 5. The molecule has 2 aromatic rings. The second kappa shape index (κ2) is 6.17. The van der Waals surface area contributed by atoms with E-state index in [1.807, 2.05) is 12.3 Å². The van der Waals surface area contributed by atoms with Crippen LogP contribution in [0.15, 0.2) is 23.6 Å². The van der Waals surface area contributed by atoms with E-state index in [1.165, 1.54) is 11.1 Å². The summed E-state index contributed by atoms with van der Waals surface area (Å²) in [5.41, 5.74) is 9.15. The molecule has 0 aliphatic rings. The van der Waals surface area contributed by atoms with Crippen LogP contribution in [0, 0.1) is 13.8 Å². The highest BCUT2D eigenvalue weighted by atomic mass is 32.1. The molecule has 1 atom stereocenters. The van der Waals surface area contributed by atoms with E-state index in [-0.39, 0.29) is 6.04 Å². The molecular formula is C15H20N2OS. The van der Waals surface area contributed by atoms with Gasteiger partial charge in [0, 0.05) is 17.8 Å². The standard InChI is InChI=1S/C15H20N2OS/c1-10-4-5-11(2)14(8-10)18-7-6-15-17-13(9-19-15)12(3)16/h4-5,8-9,12H,6-7,16H2,1-3H3. The first-order valence-electron chi connectivity index (χ1n) is 6.46. The largest absolute Gasteiger partial charge is 0.493 e. The minimum Gasteiger partial charge on any atom is -0.493 e. The van der Waals surface area contributed by atoms with Gasteiger partial charge in [-0.25, -0.2) is 4.98 Å². The van der Waals surface area contributed by atoms with Gasteiger partial charge < -0.3 is 10.5 Å². The van der Waals surface area contributed by atoms with Crippen molar-refractivity contribution < 1.29 is 4.74 Å². The third-order valence-electron chi connectivity index (χ3n) is 2.95. The molecule has 0 bridgehead atoms. The Kier molecular flexibility index (Phi) is 4.56. The zero-order chi connectivity index (χ0) is 13.8. The lowest BCUT2D eigenvalue weighted by Crippen LogP contribution is -2.06. The zero-order valence-electron chi connectivity index (χ0n) is 11.6. The second-order valence-corrected chi connectivity index (χ2v) is 5.76. The van der Waals surface area contributed by atoms with Crippen molar-refractivity contribution in [1.29, 1.82) is 0 Å². The van der Waals surface area contributed by atoms with Crippen LogP contribution in [0.3, 0.4) is 0 Å². The van der Waals surface area contributed by atoms with E-state index >= 15 is 0 Å². The van der Waals surface area contributed by atoms with E-state index in [4.69, 9.17) is 10.5 Å². The van der Waals surface area contributed by atoms with E-state index in [1.54, 1.807) is 11.3 Å². The Morgan fingerprint density at radius 3 is 2.84 bits per heavy atom. The predicted octanol–water partition coefficient (Wildman–Crippen LogP) is 3.40. The Bertz CT molecular complexity index is 549. The number of aromatic nitrogens is 1. The molecule has 0 aliphatic carbocycles. The first-order valence-corrected chi connectivity index (χ1v) is 7.34. The van der Waals surface area contributed by atoms with Crippen molar-refractivity contribution in [1.82, 2.24) is 4.98 Å². The highest BCUT2D eigenvalue weighted by Gasteiger charge is 2.06. The fourth-order valence-corrected chi connectivity index (χ4v) is 2.64. The molecule has 0 amide bonds. The van der Waals surface area contributed by atoms with E-state index in [9.17, 15) is 0 Å². The van der Waals surface area contributed by atoms with Crippen LogP contribution in [-0.4, -0.2) is 11.6 Å². The summed E-state index contributed by atoms with van der Waals surface area (Å²) >= 11 is 1.65. The van der Waals surface area contributed by atoms with Gasteiger partial charge in [0.2, 0.25) is 0 Å². The molecule has 0 saturated heterocycles. The molecular weight excluding hydrogens is 256 g/mol. The van der Waals surface area contributed by atoms with E-state index in [0.717, 1.165) is 22.9 Å². The first kappa shape index (κ1) is 14.0. The van der Waals surface area contributed by atoms with Gasteiger partial charge in [-0.1, -0.05) is 12.1 Å². The molecule has 102 valence electrons. The van der Waals surface area contributed by atoms with E-state index < -0.39 is 0 Å². The number of benzene rings is 1. The SMILES string of the molecule is Cc1ccc(C)c(OCCc2nc(C(C)N)cs2)c1. The van der Waals surface area contributed by atoms with Gasteiger partial charge >= 0.3 is 0 Å². The maximum atomic E-state index is 5.83. The number of thiazole rings is 1. The minimum absolute atomic E-state index is 0.00457. The molecule has 0 aliphatic heterocycles. The lowest BCUT2D eigenvalue weighted by molar-refractivity contribution is 0.319. The normalized spacial score (nSPS) is 12.4. The maximum Gasteiger partial charge on any atom is 0.122 e. The van der Waals surface area contributed by atoms with E-state index in [0.29, 0.717) is 6.61 Å². The molecule has 0 radical (unpaired) electrons. The van der Waals surface area contributed by atoms with Crippen LogP contribution in [0.25, 0.3) is 0 Å². The summed E-state index contributed by atoms with van der Waals surface area (Å²) in [7, 11) is 0. The summed E-state index contributed by atoms with van der Waals surface area (Å²) in [6, 6.07) is 6.26. The monoisotopic (exact) mass is 276 g/mol. The first-order chi connectivity index (χ1) is 9.06. The number of hydrogen-bond acceptors (Lipinski definition) is 4. The third kappa shape index (κ3) is 3.78. The minimum atomic E-state index is 0.00457. The Hall–Kier alpha value is -1.39. The van der Waals surface area contributed by atoms with Gasteiger partial charge in [0.15, 0.2) is 0 Å².